The summed E-state index contributed by atoms with van der Waals surface area (Å²) in [6.07, 6.45) is 3.83. The second-order valence-corrected chi connectivity index (χ2v) is 10.4. The lowest BCUT2D eigenvalue weighted by Gasteiger charge is -2.36. The van der Waals surface area contributed by atoms with E-state index < -0.39 is 23.9 Å². The van der Waals surface area contributed by atoms with Crippen LogP contribution in [-0.2, 0) is 9.59 Å². The van der Waals surface area contributed by atoms with Gasteiger partial charge in [0, 0.05) is 20.7 Å². The van der Waals surface area contributed by atoms with E-state index in [9.17, 15) is 14.4 Å². The number of Topliss-reactive ketones (excluding diaryl/α,β-unsaturated/α-hetero) is 1. The Hall–Kier alpha value is -3.42. The molecule has 3 aromatic rings. The molecule has 3 aliphatic rings. The molecule has 0 radical (unpaired) electrons. The third kappa shape index (κ3) is 3.41. The molecular formula is C28H20BrClN2O4. The Labute approximate surface area is 221 Å². The number of ketones is 1. The molecule has 36 heavy (non-hydrogen) atoms. The molecule has 0 spiro atoms. The van der Waals surface area contributed by atoms with Crippen LogP contribution < -0.4 is 14.5 Å². The third-order valence-electron chi connectivity index (χ3n) is 7.20. The fraction of sp³-hybridized carbons (Fsp3) is 0.179. The number of carbonyl (C=O) groups is 3. The summed E-state index contributed by atoms with van der Waals surface area (Å²) in [5, 5.41) is 0.574. The SMILES string of the molecule is COc1ccc(N2C(=O)[C@@H]3[C@H](C2=O)[C@H](C(=O)c2ccc(Br)cc2)N2c4ccc(Cl)cc4C=C[C@H]32)cc1. The molecule has 2 fully saturated rings. The van der Waals surface area contributed by atoms with Crippen molar-refractivity contribution in [2.75, 3.05) is 16.9 Å². The zero-order valence-corrected chi connectivity index (χ0v) is 21.4. The van der Waals surface area contributed by atoms with Crippen molar-refractivity contribution in [3.63, 3.8) is 0 Å². The number of fused-ring (bicyclic) bond motifs is 5. The van der Waals surface area contributed by atoms with Crippen LogP contribution in [0.25, 0.3) is 6.08 Å². The maximum atomic E-state index is 14.0. The minimum atomic E-state index is -0.842. The Bertz CT molecular complexity index is 1440. The molecule has 3 heterocycles. The van der Waals surface area contributed by atoms with E-state index in [-0.39, 0.29) is 17.6 Å². The van der Waals surface area contributed by atoms with Crippen LogP contribution >= 0.6 is 27.5 Å². The smallest absolute Gasteiger partial charge is 0.240 e. The van der Waals surface area contributed by atoms with E-state index in [1.54, 1.807) is 61.7 Å². The molecule has 0 bridgehead atoms. The number of carbonyl (C=O) groups excluding carboxylic acids is 3. The van der Waals surface area contributed by atoms with E-state index in [0.717, 1.165) is 15.7 Å². The normalized spacial score (nSPS) is 24.0. The number of benzene rings is 3. The summed E-state index contributed by atoms with van der Waals surface area (Å²) in [6, 6.07) is 18.0. The Morgan fingerprint density at radius 2 is 1.64 bits per heavy atom. The lowest BCUT2D eigenvalue weighted by atomic mass is 9.86. The summed E-state index contributed by atoms with van der Waals surface area (Å²) in [6.45, 7) is 0. The molecule has 0 aliphatic carbocycles. The van der Waals surface area contributed by atoms with Gasteiger partial charge in [-0.15, -0.1) is 0 Å². The molecule has 180 valence electrons. The summed E-state index contributed by atoms with van der Waals surface area (Å²) in [7, 11) is 1.55. The van der Waals surface area contributed by atoms with Crippen molar-refractivity contribution in [3.8, 4) is 5.75 Å². The number of nitrogens with zero attached hydrogens (tertiary/aromatic N) is 2. The van der Waals surface area contributed by atoms with Crippen LogP contribution in [0, 0.1) is 11.8 Å². The maximum absolute atomic E-state index is 14.0. The number of imide groups is 1. The quantitative estimate of drug-likeness (QED) is 0.315. The average Bonchev–Trinajstić information content (AvgIpc) is 3.36. The highest BCUT2D eigenvalue weighted by atomic mass is 79.9. The lowest BCUT2D eigenvalue weighted by Crippen LogP contribution is -2.48. The van der Waals surface area contributed by atoms with E-state index in [4.69, 9.17) is 16.3 Å². The summed E-state index contributed by atoms with van der Waals surface area (Å²) >= 11 is 9.64. The number of rotatable bonds is 4. The van der Waals surface area contributed by atoms with Gasteiger partial charge in [0.2, 0.25) is 11.8 Å². The van der Waals surface area contributed by atoms with Gasteiger partial charge < -0.3 is 9.64 Å². The fourth-order valence-electron chi connectivity index (χ4n) is 5.61. The Balaban J connectivity index is 1.47. The van der Waals surface area contributed by atoms with Crippen molar-refractivity contribution in [2.45, 2.75) is 12.1 Å². The van der Waals surface area contributed by atoms with Crippen LogP contribution in [0.4, 0.5) is 11.4 Å². The zero-order valence-electron chi connectivity index (χ0n) is 19.1. The standard InChI is InChI=1S/C28H20BrClN2O4/c1-36-20-10-8-19(9-11-20)31-27(34)23-22-12-4-16-14-18(30)7-13-21(16)32(22)25(24(23)28(31)35)26(33)15-2-5-17(29)6-3-15/h2-14,22-25H,1H3/t22-,23+,24+,25-/m1/s1. The first-order valence-electron chi connectivity index (χ1n) is 11.5. The van der Waals surface area contributed by atoms with Crippen molar-refractivity contribution in [1.82, 2.24) is 0 Å². The molecule has 2 amide bonds. The Kier molecular flexibility index (Phi) is 5.50. The number of methoxy groups -OCH3 is 1. The number of hydrogen-bond acceptors (Lipinski definition) is 5. The molecule has 0 N–H and O–H groups in total. The molecule has 0 unspecified atom stereocenters. The Morgan fingerprint density at radius 3 is 2.33 bits per heavy atom. The van der Waals surface area contributed by atoms with Gasteiger partial charge in [-0.05, 0) is 60.2 Å². The van der Waals surface area contributed by atoms with Crippen LogP contribution in [0.1, 0.15) is 15.9 Å². The van der Waals surface area contributed by atoms with Gasteiger partial charge in [-0.3, -0.25) is 14.4 Å². The summed E-state index contributed by atoms with van der Waals surface area (Å²) in [5.74, 6) is -1.77. The van der Waals surface area contributed by atoms with Crippen molar-refractivity contribution in [2.24, 2.45) is 11.8 Å². The first kappa shape index (κ1) is 23.0. The minimum absolute atomic E-state index is 0.200. The monoisotopic (exact) mass is 562 g/mol. The molecule has 3 aliphatic heterocycles. The molecule has 6 rings (SSSR count). The summed E-state index contributed by atoms with van der Waals surface area (Å²) < 4.78 is 6.06. The molecule has 2 saturated heterocycles. The van der Waals surface area contributed by atoms with Crippen molar-refractivity contribution in [1.29, 1.82) is 0 Å². The van der Waals surface area contributed by atoms with E-state index in [1.807, 2.05) is 29.2 Å². The van der Waals surface area contributed by atoms with E-state index in [0.29, 0.717) is 22.0 Å². The predicted octanol–water partition coefficient (Wildman–Crippen LogP) is 5.38. The van der Waals surface area contributed by atoms with Gasteiger partial charge in [-0.2, -0.15) is 0 Å². The first-order valence-corrected chi connectivity index (χ1v) is 12.6. The highest BCUT2D eigenvalue weighted by Crippen LogP contribution is 2.50. The van der Waals surface area contributed by atoms with E-state index >= 15 is 0 Å². The van der Waals surface area contributed by atoms with E-state index in [2.05, 4.69) is 15.9 Å². The number of halogens is 2. The van der Waals surface area contributed by atoms with Gasteiger partial charge >= 0.3 is 0 Å². The van der Waals surface area contributed by atoms with Gasteiger partial charge in [-0.25, -0.2) is 4.90 Å². The number of anilines is 2. The van der Waals surface area contributed by atoms with Gasteiger partial charge in [0.25, 0.3) is 0 Å². The van der Waals surface area contributed by atoms with Crippen LogP contribution in [0.5, 0.6) is 5.75 Å². The van der Waals surface area contributed by atoms with Gasteiger partial charge in [0.05, 0.1) is 30.7 Å². The molecule has 0 aromatic heterocycles. The molecule has 8 heteroatoms. The van der Waals surface area contributed by atoms with Gasteiger partial charge in [0.15, 0.2) is 5.78 Å². The molecule has 6 nitrogen and oxygen atoms in total. The highest BCUT2D eigenvalue weighted by Gasteiger charge is 2.64. The van der Waals surface area contributed by atoms with Crippen molar-refractivity contribution < 1.29 is 19.1 Å². The third-order valence-corrected chi connectivity index (χ3v) is 7.96. The van der Waals surface area contributed by atoms with Crippen LogP contribution in [0.15, 0.2) is 77.3 Å². The summed E-state index contributed by atoms with van der Waals surface area (Å²) in [4.78, 5) is 44.9. The minimum Gasteiger partial charge on any atom is -0.497 e. The molecule has 0 saturated carbocycles. The topological polar surface area (TPSA) is 66.9 Å². The first-order chi connectivity index (χ1) is 17.4. The molecule has 3 aromatic carbocycles. The lowest BCUT2D eigenvalue weighted by molar-refractivity contribution is -0.122. The average molecular weight is 564 g/mol. The maximum Gasteiger partial charge on any atom is 0.240 e. The number of amides is 2. The summed E-state index contributed by atoms with van der Waals surface area (Å²) in [5.41, 5.74) is 2.58. The van der Waals surface area contributed by atoms with Gasteiger partial charge in [-0.1, -0.05) is 51.8 Å². The van der Waals surface area contributed by atoms with Crippen molar-refractivity contribution in [3.05, 3.63) is 93.4 Å². The van der Waals surface area contributed by atoms with Crippen LogP contribution in [-0.4, -0.2) is 36.8 Å². The zero-order chi connectivity index (χ0) is 25.1. The highest BCUT2D eigenvalue weighted by molar-refractivity contribution is 9.10. The number of ether oxygens (including phenoxy) is 1. The van der Waals surface area contributed by atoms with E-state index in [1.165, 1.54) is 4.90 Å². The molecular weight excluding hydrogens is 544 g/mol. The second-order valence-electron chi connectivity index (χ2n) is 9.04. The van der Waals surface area contributed by atoms with Crippen molar-refractivity contribution >= 4 is 62.6 Å². The van der Waals surface area contributed by atoms with Gasteiger partial charge in [0.1, 0.15) is 11.8 Å². The van der Waals surface area contributed by atoms with Crippen LogP contribution in [0.2, 0.25) is 5.02 Å². The fourth-order valence-corrected chi connectivity index (χ4v) is 6.06. The van der Waals surface area contributed by atoms with Crippen LogP contribution in [0.3, 0.4) is 0 Å². The number of hydrogen-bond donors (Lipinski definition) is 0. The molecule has 4 atom stereocenters. The second kappa shape index (κ2) is 8.61. The predicted molar refractivity (Wildman–Crippen MR) is 141 cm³/mol. The largest absolute Gasteiger partial charge is 0.497 e. The Morgan fingerprint density at radius 1 is 0.944 bits per heavy atom.